The second kappa shape index (κ2) is 3.66. The van der Waals surface area contributed by atoms with Gasteiger partial charge in [0.1, 0.15) is 0 Å². The standard InChI is InChI=1S/C10H12BrNOS/c1-10(5-8(10)11)9(13)12-6-7-3-2-4-14-7/h2-4,8H,5-6H2,1H3,(H,12,13). The van der Waals surface area contributed by atoms with Crippen LogP contribution in [0.5, 0.6) is 0 Å². The zero-order valence-corrected chi connectivity index (χ0v) is 10.3. The third-order valence-corrected chi connectivity index (χ3v) is 4.87. The van der Waals surface area contributed by atoms with E-state index in [-0.39, 0.29) is 11.3 Å². The molecule has 0 saturated heterocycles. The number of thiophene rings is 1. The van der Waals surface area contributed by atoms with Crippen LogP contribution in [0.25, 0.3) is 0 Å². The smallest absolute Gasteiger partial charge is 0.227 e. The van der Waals surface area contributed by atoms with Crippen LogP contribution in [0.3, 0.4) is 0 Å². The lowest BCUT2D eigenvalue weighted by Crippen LogP contribution is -2.30. The van der Waals surface area contributed by atoms with Gasteiger partial charge in [-0.1, -0.05) is 22.0 Å². The van der Waals surface area contributed by atoms with Crippen molar-refractivity contribution in [3.63, 3.8) is 0 Å². The van der Waals surface area contributed by atoms with Crippen molar-refractivity contribution >= 4 is 33.2 Å². The lowest BCUT2D eigenvalue weighted by molar-refractivity contribution is -0.125. The van der Waals surface area contributed by atoms with Crippen molar-refractivity contribution in [2.75, 3.05) is 0 Å². The fourth-order valence-electron chi connectivity index (χ4n) is 1.33. The van der Waals surface area contributed by atoms with Gasteiger partial charge >= 0.3 is 0 Å². The van der Waals surface area contributed by atoms with Crippen molar-refractivity contribution in [2.24, 2.45) is 5.41 Å². The predicted molar refractivity (Wildman–Crippen MR) is 61.6 cm³/mol. The Morgan fingerprint density at radius 3 is 3.07 bits per heavy atom. The van der Waals surface area contributed by atoms with Crippen molar-refractivity contribution < 1.29 is 4.79 Å². The van der Waals surface area contributed by atoms with E-state index in [0.29, 0.717) is 11.4 Å². The molecule has 4 heteroatoms. The second-order valence-corrected chi connectivity index (χ2v) is 5.99. The normalized spacial score (nSPS) is 30.0. The van der Waals surface area contributed by atoms with E-state index in [2.05, 4.69) is 21.2 Å². The SMILES string of the molecule is CC1(C(=O)NCc2cccs2)CC1Br. The van der Waals surface area contributed by atoms with Gasteiger partial charge in [0.2, 0.25) is 5.91 Å². The molecule has 14 heavy (non-hydrogen) atoms. The van der Waals surface area contributed by atoms with Gasteiger partial charge in [-0.25, -0.2) is 0 Å². The molecule has 1 N–H and O–H groups in total. The molecule has 0 aliphatic heterocycles. The molecule has 2 rings (SSSR count). The highest BCUT2D eigenvalue weighted by atomic mass is 79.9. The van der Waals surface area contributed by atoms with E-state index >= 15 is 0 Å². The van der Waals surface area contributed by atoms with Crippen LogP contribution in [-0.4, -0.2) is 10.7 Å². The Bertz CT molecular complexity index is 338. The highest BCUT2D eigenvalue weighted by molar-refractivity contribution is 9.09. The molecule has 76 valence electrons. The molecule has 0 radical (unpaired) electrons. The molecule has 2 unspecified atom stereocenters. The summed E-state index contributed by atoms with van der Waals surface area (Å²) in [5.74, 6) is 0.160. The topological polar surface area (TPSA) is 29.1 Å². The maximum absolute atomic E-state index is 11.7. The molecule has 1 heterocycles. The van der Waals surface area contributed by atoms with Gasteiger partial charge in [-0.05, 0) is 24.8 Å². The van der Waals surface area contributed by atoms with E-state index in [1.807, 2.05) is 24.4 Å². The van der Waals surface area contributed by atoms with Crippen LogP contribution >= 0.6 is 27.3 Å². The summed E-state index contributed by atoms with van der Waals surface area (Å²) in [7, 11) is 0. The van der Waals surface area contributed by atoms with Crippen LogP contribution in [0.15, 0.2) is 17.5 Å². The van der Waals surface area contributed by atoms with Gasteiger partial charge in [0, 0.05) is 9.70 Å². The Morgan fingerprint density at radius 2 is 2.57 bits per heavy atom. The van der Waals surface area contributed by atoms with Crippen molar-refractivity contribution in [1.29, 1.82) is 0 Å². The quantitative estimate of drug-likeness (QED) is 0.843. The molecule has 2 atom stereocenters. The molecule has 1 aromatic rings. The van der Waals surface area contributed by atoms with Crippen LogP contribution in [0, 0.1) is 5.41 Å². The third kappa shape index (κ3) is 1.86. The number of carbonyl (C=O) groups is 1. The summed E-state index contributed by atoms with van der Waals surface area (Å²) in [4.78, 5) is 13.3. The predicted octanol–water partition coefficient (Wildman–Crippen LogP) is 2.54. The number of hydrogen-bond donors (Lipinski definition) is 1. The van der Waals surface area contributed by atoms with Gasteiger partial charge < -0.3 is 5.32 Å². The highest BCUT2D eigenvalue weighted by Crippen LogP contribution is 2.51. The minimum Gasteiger partial charge on any atom is -0.351 e. The van der Waals surface area contributed by atoms with Gasteiger partial charge in [-0.2, -0.15) is 0 Å². The average Bonchev–Trinajstić information content (AvgIpc) is 2.65. The number of rotatable bonds is 3. The summed E-state index contributed by atoms with van der Waals surface area (Å²) in [5, 5.41) is 4.98. The highest BCUT2D eigenvalue weighted by Gasteiger charge is 2.54. The average molecular weight is 274 g/mol. The van der Waals surface area contributed by atoms with E-state index < -0.39 is 0 Å². The molecule has 0 spiro atoms. The number of alkyl halides is 1. The van der Waals surface area contributed by atoms with Crippen molar-refractivity contribution in [2.45, 2.75) is 24.7 Å². The molecular weight excluding hydrogens is 262 g/mol. The van der Waals surface area contributed by atoms with Crippen LogP contribution in [0.4, 0.5) is 0 Å². The van der Waals surface area contributed by atoms with Crippen molar-refractivity contribution in [3.05, 3.63) is 22.4 Å². The zero-order valence-electron chi connectivity index (χ0n) is 7.92. The first-order valence-electron chi connectivity index (χ1n) is 4.58. The minimum atomic E-state index is -0.169. The van der Waals surface area contributed by atoms with Gasteiger partial charge in [-0.3, -0.25) is 4.79 Å². The summed E-state index contributed by atoms with van der Waals surface area (Å²) < 4.78 is 0. The molecule has 1 saturated carbocycles. The lowest BCUT2D eigenvalue weighted by atomic mass is 10.1. The molecule has 0 aromatic carbocycles. The molecular formula is C10H12BrNOS. The van der Waals surface area contributed by atoms with Crippen molar-refractivity contribution in [3.8, 4) is 0 Å². The van der Waals surface area contributed by atoms with E-state index in [0.717, 1.165) is 6.42 Å². The Balaban J connectivity index is 1.85. The summed E-state index contributed by atoms with van der Waals surface area (Å²) in [6.07, 6.45) is 0.948. The monoisotopic (exact) mass is 273 g/mol. The lowest BCUT2D eigenvalue weighted by Gasteiger charge is -2.09. The van der Waals surface area contributed by atoms with Crippen LogP contribution < -0.4 is 5.32 Å². The fraction of sp³-hybridized carbons (Fsp3) is 0.500. The van der Waals surface area contributed by atoms with Crippen LogP contribution in [0.1, 0.15) is 18.2 Å². The summed E-state index contributed by atoms with van der Waals surface area (Å²) in [5.41, 5.74) is -0.169. The van der Waals surface area contributed by atoms with E-state index in [1.54, 1.807) is 11.3 Å². The molecule has 1 amide bonds. The van der Waals surface area contributed by atoms with E-state index in [1.165, 1.54) is 4.88 Å². The molecule has 1 fully saturated rings. The van der Waals surface area contributed by atoms with E-state index in [9.17, 15) is 4.79 Å². The largest absolute Gasteiger partial charge is 0.351 e. The maximum atomic E-state index is 11.7. The molecule has 1 aliphatic rings. The Hall–Kier alpha value is -0.350. The summed E-state index contributed by atoms with van der Waals surface area (Å²) >= 11 is 5.14. The van der Waals surface area contributed by atoms with Gasteiger partial charge in [-0.15, -0.1) is 11.3 Å². The van der Waals surface area contributed by atoms with Gasteiger partial charge in [0.25, 0.3) is 0 Å². The summed E-state index contributed by atoms with van der Waals surface area (Å²) in [6.45, 7) is 2.65. The van der Waals surface area contributed by atoms with Crippen LogP contribution in [0.2, 0.25) is 0 Å². The first-order valence-corrected chi connectivity index (χ1v) is 6.37. The Labute approximate surface area is 95.8 Å². The molecule has 1 aliphatic carbocycles. The second-order valence-electron chi connectivity index (χ2n) is 3.85. The summed E-state index contributed by atoms with van der Waals surface area (Å²) in [6, 6.07) is 4.03. The number of hydrogen-bond acceptors (Lipinski definition) is 2. The van der Waals surface area contributed by atoms with Gasteiger partial charge in [0.15, 0.2) is 0 Å². The molecule has 0 bridgehead atoms. The fourth-order valence-corrected chi connectivity index (χ4v) is 2.86. The Kier molecular flexibility index (Phi) is 2.66. The first kappa shape index (κ1) is 10.2. The Morgan fingerprint density at radius 1 is 1.86 bits per heavy atom. The molecule has 1 aromatic heterocycles. The molecule has 2 nitrogen and oxygen atoms in total. The number of amides is 1. The number of halogens is 1. The van der Waals surface area contributed by atoms with Crippen LogP contribution in [-0.2, 0) is 11.3 Å². The van der Waals surface area contributed by atoms with Gasteiger partial charge in [0.05, 0.1) is 12.0 Å². The van der Waals surface area contributed by atoms with E-state index in [4.69, 9.17) is 0 Å². The third-order valence-electron chi connectivity index (χ3n) is 2.66. The maximum Gasteiger partial charge on any atom is 0.227 e. The first-order chi connectivity index (χ1) is 6.63. The number of carbonyl (C=O) groups excluding carboxylic acids is 1. The number of nitrogens with one attached hydrogen (secondary N) is 1. The van der Waals surface area contributed by atoms with Crippen molar-refractivity contribution in [1.82, 2.24) is 5.32 Å². The zero-order chi connectivity index (χ0) is 10.2. The minimum absolute atomic E-state index is 0.160.